The standard InChI is InChI=1S/C15H15ClFN3O4/c1-8(21)18-11-6-9(10(17)7-12(11)22)13-14(16)19-2-4-24-5-3-20(19)15(13)23/h6-7,22H,2-5H2,1H3,(H,18,21). The average Bonchev–Trinajstić information content (AvgIpc) is 2.70. The number of fused-ring (bicyclic) bond motifs is 1. The molecule has 0 atom stereocenters. The van der Waals surface area contributed by atoms with Crippen molar-refractivity contribution in [3.63, 3.8) is 0 Å². The number of hydrogen-bond acceptors (Lipinski definition) is 4. The van der Waals surface area contributed by atoms with Gasteiger partial charge in [0.2, 0.25) is 5.91 Å². The molecule has 7 nitrogen and oxygen atoms in total. The van der Waals surface area contributed by atoms with E-state index in [1.807, 2.05) is 0 Å². The van der Waals surface area contributed by atoms with Crippen molar-refractivity contribution in [1.82, 2.24) is 9.36 Å². The fourth-order valence-corrected chi connectivity index (χ4v) is 3.04. The van der Waals surface area contributed by atoms with Gasteiger partial charge in [0.15, 0.2) is 0 Å². The van der Waals surface area contributed by atoms with Gasteiger partial charge >= 0.3 is 0 Å². The minimum Gasteiger partial charge on any atom is -0.506 e. The molecule has 0 fully saturated rings. The maximum Gasteiger partial charge on any atom is 0.276 e. The molecular weight excluding hydrogens is 341 g/mol. The Kier molecular flexibility index (Phi) is 4.33. The summed E-state index contributed by atoms with van der Waals surface area (Å²) in [5, 5.41) is 12.2. The molecule has 0 saturated heterocycles. The summed E-state index contributed by atoms with van der Waals surface area (Å²) in [7, 11) is 0. The van der Waals surface area contributed by atoms with Crippen LogP contribution in [0.4, 0.5) is 10.1 Å². The molecule has 1 aliphatic heterocycles. The molecule has 9 heteroatoms. The number of benzene rings is 1. The Bertz CT molecular complexity index is 875. The number of phenolic OH excluding ortho intramolecular Hbond substituents is 1. The second kappa shape index (κ2) is 6.29. The van der Waals surface area contributed by atoms with E-state index in [4.69, 9.17) is 16.3 Å². The van der Waals surface area contributed by atoms with Crippen molar-refractivity contribution in [3.8, 4) is 16.9 Å². The molecule has 1 aliphatic rings. The lowest BCUT2D eigenvalue weighted by Gasteiger charge is -2.09. The first-order valence-corrected chi connectivity index (χ1v) is 7.65. The number of anilines is 1. The Morgan fingerprint density at radius 1 is 1.33 bits per heavy atom. The molecule has 0 bridgehead atoms. The molecule has 128 valence electrons. The van der Waals surface area contributed by atoms with Gasteiger partial charge in [-0.2, -0.15) is 0 Å². The number of halogens is 2. The summed E-state index contributed by atoms with van der Waals surface area (Å²) in [6.07, 6.45) is 0. The molecule has 1 amide bonds. The molecule has 24 heavy (non-hydrogen) atoms. The molecule has 1 aromatic heterocycles. The molecule has 0 unspecified atom stereocenters. The van der Waals surface area contributed by atoms with E-state index in [1.54, 1.807) is 0 Å². The third-order valence-corrected chi connectivity index (χ3v) is 4.12. The van der Waals surface area contributed by atoms with Gasteiger partial charge in [0.1, 0.15) is 16.7 Å². The Labute approximate surface area is 141 Å². The smallest absolute Gasteiger partial charge is 0.276 e. The second-order valence-electron chi connectivity index (χ2n) is 5.36. The Morgan fingerprint density at radius 3 is 2.67 bits per heavy atom. The highest BCUT2D eigenvalue weighted by molar-refractivity contribution is 6.32. The van der Waals surface area contributed by atoms with E-state index < -0.39 is 23.0 Å². The first-order chi connectivity index (χ1) is 11.4. The lowest BCUT2D eigenvalue weighted by molar-refractivity contribution is -0.114. The topological polar surface area (TPSA) is 85.5 Å². The SMILES string of the molecule is CC(=O)Nc1cc(-c2c(Cl)n3n(c2=O)CCOCC3)c(F)cc1O. The third kappa shape index (κ3) is 2.78. The first kappa shape index (κ1) is 16.5. The molecule has 0 radical (unpaired) electrons. The molecule has 0 saturated carbocycles. The molecule has 2 aromatic rings. The van der Waals surface area contributed by atoms with Crippen LogP contribution in [-0.4, -0.2) is 33.6 Å². The summed E-state index contributed by atoms with van der Waals surface area (Å²) < 4.78 is 22.6. The Morgan fingerprint density at radius 2 is 2.00 bits per heavy atom. The van der Waals surface area contributed by atoms with Crippen LogP contribution in [-0.2, 0) is 22.6 Å². The minimum atomic E-state index is -0.807. The van der Waals surface area contributed by atoms with Gasteiger partial charge in [-0.3, -0.25) is 14.3 Å². The van der Waals surface area contributed by atoms with Crippen LogP contribution in [0.2, 0.25) is 5.15 Å². The van der Waals surface area contributed by atoms with E-state index >= 15 is 0 Å². The van der Waals surface area contributed by atoms with Crippen molar-refractivity contribution in [2.45, 2.75) is 20.0 Å². The van der Waals surface area contributed by atoms with Gasteiger partial charge in [-0.15, -0.1) is 0 Å². The largest absolute Gasteiger partial charge is 0.506 e. The number of aromatic hydroxyl groups is 1. The van der Waals surface area contributed by atoms with Gasteiger partial charge in [0.25, 0.3) is 5.56 Å². The molecular formula is C15H15ClFN3O4. The maximum absolute atomic E-state index is 14.3. The van der Waals surface area contributed by atoms with Crippen molar-refractivity contribution in [1.29, 1.82) is 0 Å². The molecule has 0 aliphatic carbocycles. The fourth-order valence-electron chi connectivity index (χ4n) is 2.68. The lowest BCUT2D eigenvalue weighted by atomic mass is 10.1. The van der Waals surface area contributed by atoms with E-state index in [2.05, 4.69) is 5.32 Å². The number of amides is 1. The number of ether oxygens (including phenoxy) is 1. The van der Waals surface area contributed by atoms with Crippen LogP contribution in [0.3, 0.4) is 0 Å². The van der Waals surface area contributed by atoms with Gasteiger partial charge < -0.3 is 15.2 Å². The summed E-state index contributed by atoms with van der Waals surface area (Å²) in [5.41, 5.74) is -0.545. The van der Waals surface area contributed by atoms with E-state index in [-0.39, 0.29) is 22.0 Å². The van der Waals surface area contributed by atoms with Crippen LogP contribution >= 0.6 is 11.6 Å². The minimum absolute atomic E-state index is 0.00379. The highest BCUT2D eigenvalue weighted by atomic mass is 35.5. The quantitative estimate of drug-likeness (QED) is 0.804. The predicted octanol–water partition coefficient (Wildman–Crippen LogP) is 1.80. The molecule has 0 spiro atoms. The van der Waals surface area contributed by atoms with E-state index in [0.29, 0.717) is 26.3 Å². The number of aromatic nitrogens is 2. The summed E-state index contributed by atoms with van der Waals surface area (Å²) in [5.74, 6) is -1.68. The van der Waals surface area contributed by atoms with E-state index in [1.165, 1.54) is 22.4 Å². The number of hydrogen-bond donors (Lipinski definition) is 2. The number of phenols is 1. The zero-order valence-corrected chi connectivity index (χ0v) is 13.6. The van der Waals surface area contributed by atoms with Gasteiger partial charge in [-0.25, -0.2) is 9.07 Å². The molecule has 3 rings (SSSR count). The van der Waals surface area contributed by atoms with Crippen molar-refractivity contribution in [2.75, 3.05) is 18.5 Å². The fraction of sp³-hybridized carbons (Fsp3) is 0.333. The van der Waals surface area contributed by atoms with Gasteiger partial charge in [0.05, 0.1) is 37.6 Å². The zero-order valence-electron chi connectivity index (χ0n) is 12.8. The molecule has 2 N–H and O–H groups in total. The van der Waals surface area contributed by atoms with Crippen LogP contribution in [0.15, 0.2) is 16.9 Å². The van der Waals surface area contributed by atoms with Crippen molar-refractivity contribution >= 4 is 23.2 Å². The monoisotopic (exact) mass is 355 g/mol. The van der Waals surface area contributed by atoms with Gasteiger partial charge in [0, 0.05) is 18.6 Å². The van der Waals surface area contributed by atoms with Gasteiger partial charge in [-0.05, 0) is 6.07 Å². The Hall–Kier alpha value is -2.32. The van der Waals surface area contributed by atoms with Crippen LogP contribution in [0.5, 0.6) is 5.75 Å². The molecule has 2 heterocycles. The second-order valence-corrected chi connectivity index (χ2v) is 5.72. The zero-order chi connectivity index (χ0) is 17.4. The number of nitrogens with zero attached hydrogens (tertiary/aromatic N) is 2. The summed E-state index contributed by atoms with van der Waals surface area (Å²) >= 11 is 6.29. The number of rotatable bonds is 2. The van der Waals surface area contributed by atoms with Crippen molar-refractivity contribution < 1.29 is 19.0 Å². The highest BCUT2D eigenvalue weighted by Gasteiger charge is 2.24. The van der Waals surface area contributed by atoms with Crippen molar-refractivity contribution in [2.24, 2.45) is 0 Å². The molecule has 1 aromatic carbocycles. The first-order valence-electron chi connectivity index (χ1n) is 7.27. The van der Waals surface area contributed by atoms with Gasteiger partial charge in [-0.1, -0.05) is 11.6 Å². The maximum atomic E-state index is 14.3. The Balaban J connectivity index is 2.19. The summed E-state index contributed by atoms with van der Waals surface area (Å²) in [6.45, 7) is 2.67. The normalized spacial score (nSPS) is 14.1. The summed E-state index contributed by atoms with van der Waals surface area (Å²) in [6, 6.07) is 2.04. The lowest BCUT2D eigenvalue weighted by Crippen LogP contribution is -2.23. The summed E-state index contributed by atoms with van der Waals surface area (Å²) in [4.78, 5) is 23.8. The highest BCUT2D eigenvalue weighted by Crippen LogP contribution is 2.34. The van der Waals surface area contributed by atoms with E-state index in [0.717, 1.165) is 6.07 Å². The number of nitrogens with one attached hydrogen (secondary N) is 1. The predicted molar refractivity (Wildman–Crippen MR) is 85.9 cm³/mol. The van der Waals surface area contributed by atoms with E-state index in [9.17, 15) is 19.1 Å². The van der Waals surface area contributed by atoms with Crippen molar-refractivity contribution in [3.05, 3.63) is 33.5 Å². The van der Waals surface area contributed by atoms with Crippen LogP contribution in [0.25, 0.3) is 11.1 Å². The number of carbonyl (C=O) groups excluding carboxylic acids is 1. The average molecular weight is 356 g/mol. The van der Waals surface area contributed by atoms with Crippen LogP contribution in [0.1, 0.15) is 6.92 Å². The van der Waals surface area contributed by atoms with Crippen LogP contribution < -0.4 is 10.9 Å². The van der Waals surface area contributed by atoms with Crippen LogP contribution in [0, 0.1) is 5.82 Å². The number of carbonyl (C=O) groups is 1. The third-order valence-electron chi connectivity index (χ3n) is 3.73.